The van der Waals surface area contributed by atoms with Crippen molar-refractivity contribution in [2.24, 2.45) is 0 Å². The van der Waals surface area contributed by atoms with Gasteiger partial charge in [-0.1, -0.05) is 48.5 Å². The zero-order valence-corrected chi connectivity index (χ0v) is 21.6. The van der Waals surface area contributed by atoms with Gasteiger partial charge in [0.1, 0.15) is 5.82 Å². The third-order valence-corrected chi connectivity index (χ3v) is 6.47. The summed E-state index contributed by atoms with van der Waals surface area (Å²) in [5, 5.41) is 23.6. The number of rotatable bonds is 11. The van der Waals surface area contributed by atoms with Crippen LogP contribution in [-0.2, 0) is 11.2 Å². The minimum Gasteiger partial charge on any atom is -0.478 e. The minimum atomic E-state index is -0.986. The summed E-state index contributed by atoms with van der Waals surface area (Å²) in [6.45, 7) is 9.79. The molecule has 3 rings (SSSR count). The second-order valence-corrected chi connectivity index (χ2v) is 10.0. The van der Waals surface area contributed by atoms with E-state index in [-0.39, 0.29) is 23.5 Å². The summed E-state index contributed by atoms with van der Waals surface area (Å²) in [6, 6.07) is 18.4. The molecule has 0 heterocycles. The summed E-state index contributed by atoms with van der Waals surface area (Å²) in [6.07, 6.45) is -0.599. The monoisotopic (exact) mass is 493 g/mol. The highest BCUT2D eigenvalue weighted by atomic mass is 19.1. The van der Waals surface area contributed by atoms with Gasteiger partial charge in [0.05, 0.1) is 24.4 Å². The average molecular weight is 494 g/mol. The van der Waals surface area contributed by atoms with Crippen molar-refractivity contribution < 1.29 is 24.1 Å². The predicted molar refractivity (Wildman–Crippen MR) is 141 cm³/mol. The lowest BCUT2D eigenvalue weighted by molar-refractivity contribution is -0.00423. The third kappa shape index (κ3) is 7.00. The number of halogens is 1. The lowest BCUT2D eigenvalue weighted by Crippen LogP contribution is -2.46. The largest absolute Gasteiger partial charge is 0.478 e. The Kier molecular flexibility index (Phi) is 9.01. The molecule has 3 N–H and O–H groups in total. The van der Waals surface area contributed by atoms with Gasteiger partial charge in [-0.25, -0.2) is 9.18 Å². The number of hydrogen-bond acceptors (Lipinski definition) is 4. The van der Waals surface area contributed by atoms with Crippen molar-refractivity contribution in [1.82, 2.24) is 5.32 Å². The van der Waals surface area contributed by atoms with Gasteiger partial charge in [0.15, 0.2) is 0 Å². The maximum absolute atomic E-state index is 13.9. The van der Waals surface area contributed by atoms with Crippen LogP contribution in [0.1, 0.15) is 59.5 Å². The van der Waals surface area contributed by atoms with Crippen LogP contribution in [0.15, 0.2) is 60.7 Å². The van der Waals surface area contributed by atoms with Gasteiger partial charge in [-0.2, -0.15) is 0 Å². The summed E-state index contributed by atoms with van der Waals surface area (Å²) in [5.74, 6) is -1.21. The van der Waals surface area contributed by atoms with Gasteiger partial charge in [-0.15, -0.1) is 0 Å². The van der Waals surface area contributed by atoms with Crippen LogP contribution in [-0.4, -0.2) is 41.0 Å². The van der Waals surface area contributed by atoms with E-state index in [1.54, 1.807) is 32.0 Å². The second kappa shape index (κ2) is 11.8. The van der Waals surface area contributed by atoms with Gasteiger partial charge in [-0.05, 0) is 86.6 Å². The van der Waals surface area contributed by atoms with E-state index in [9.17, 15) is 19.4 Å². The minimum absolute atomic E-state index is 0.0778. The molecule has 0 saturated heterocycles. The molecular weight excluding hydrogens is 457 g/mol. The highest BCUT2D eigenvalue weighted by molar-refractivity contribution is 5.91. The number of aryl methyl sites for hydroxylation is 1. The first kappa shape index (κ1) is 27.5. The number of ether oxygens (including phenoxy) is 1. The Morgan fingerprint density at radius 1 is 1.08 bits per heavy atom. The Labute approximate surface area is 213 Å². The first-order chi connectivity index (χ1) is 17.0. The first-order valence-corrected chi connectivity index (χ1v) is 12.2. The maximum atomic E-state index is 13.9. The fourth-order valence-electron chi connectivity index (χ4n) is 4.46. The zero-order valence-electron chi connectivity index (χ0n) is 21.6. The van der Waals surface area contributed by atoms with Crippen molar-refractivity contribution in [2.45, 2.75) is 58.8 Å². The number of nitrogens with one attached hydrogen (secondary N) is 1. The molecule has 0 aliphatic rings. The summed E-state index contributed by atoms with van der Waals surface area (Å²) < 4.78 is 20.0. The van der Waals surface area contributed by atoms with Crippen LogP contribution in [0, 0.1) is 19.7 Å². The molecular formula is C30H36FNO4. The van der Waals surface area contributed by atoms with E-state index in [1.165, 1.54) is 0 Å². The summed E-state index contributed by atoms with van der Waals surface area (Å²) in [7, 11) is 0. The molecule has 0 spiro atoms. The van der Waals surface area contributed by atoms with Crippen molar-refractivity contribution in [3.63, 3.8) is 0 Å². The van der Waals surface area contributed by atoms with Crippen LogP contribution < -0.4 is 5.32 Å². The third-order valence-electron chi connectivity index (χ3n) is 6.47. The fourth-order valence-corrected chi connectivity index (χ4v) is 4.46. The number of carboxylic acids is 1. The molecule has 0 saturated carbocycles. The van der Waals surface area contributed by atoms with E-state index >= 15 is 0 Å². The van der Waals surface area contributed by atoms with Gasteiger partial charge in [0.25, 0.3) is 0 Å². The summed E-state index contributed by atoms with van der Waals surface area (Å²) >= 11 is 0. The molecule has 0 radical (unpaired) electrons. The van der Waals surface area contributed by atoms with Crippen LogP contribution in [0.3, 0.4) is 0 Å². The molecule has 192 valence electrons. The molecule has 0 bridgehead atoms. The van der Waals surface area contributed by atoms with E-state index in [0.29, 0.717) is 24.1 Å². The first-order valence-electron chi connectivity index (χ1n) is 12.2. The van der Waals surface area contributed by atoms with Crippen molar-refractivity contribution in [1.29, 1.82) is 0 Å². The normalized spacial score (nSPS) is 13.4. The number of aliphatic hydroxyl groups excluding tert-OH is 1. The Hall–Kier alpha value is -3.06. The van der Waals surface area contributed by atoms with E-state index in [4.69, 9.17) is 4.74 Å². The SMILES string of the molecule is Cc1ccc(CC(C)(C)NC[C@@H](O)CO[C@H](C)c2c(-c3ccccc3)ccc(C(=O)O)c2C)cc1F. The van der Waals surface area contributed by atoms with Crippen molar-refractivity contribution >= 4 is 5.97 Å². The number of benzene rings is 3. The number of β-amino-alcohol motifs (C(OH)–C–C–N with tert-alkyl or cyclic N) is 1. The van der Waals surface area contributed by atoms with E-state index in [0.717, 1.165) is 22.3 Å². The van der Waals surface area contributed by atoms with Crippen LogP contribution in [0.25, 0.3) is 11.1 Å². The highest BCUT2D eigenvalue weighted by Gasteiger charge is 2.23. The lowest BCUT2D eigenvalue weighted by Gasteiger charge is -2.29. The van der Waals surface area contributed by atoms with Gasteiger partial charge in [0, 0.05) is 12.1 Å². The predicted octanol–water partition coefficient (Wildman–Crippen LogP) is 5.86. The van der Waals surface area contributed by atoms with E-state index in [1.807, 2.05) is 63.2 Å². The summed E-state index contributed by atoms with van der Waals surface area (Å²) in [4.78, 5) is 11.7. The number of aromatic carboxylic acids is 1. The molecule has 3 aromatic rings. The molecule has 0 aliphatic carbocycles. The van der Waals surface area contributed by atoms with E-state index in [2.05, 4.69) is 5.32 Å². The van der Waals surface area contributed by atoms with Gasteiger partial charge in [-0.3, -0.25) is 0 Å². The van der Waals surface area contributed by atoms with E-state index < -0.39 is 18.2 Å². The standard InChI is InChI=1S/C30H36FNO4/c1-19-11-12-22(15-27(19)31)16-30(4,5)32-17-24(33)18-36-21(3)28-20(2)25(29(34)35)13-14-26(28)23-9-7-6-8-10-23/h6-15,21,24,32-33H,16-18H2,1-5H3,(H,34,35)/t21-,24-/m1/s1. The quantitative estimate of drug-likeness (QED) is 0.312. The van der Waals surface area contributed by atoms with Crippen LogP contribution in [0.4, 0.5) is 4.39 Å². The molecule has 0 aliphatic heterocycles. The topological polar surface area (TPSA) is 78.8 Å². The summed E-state index contributed by atoms with van der Waals surface area (Å²) in [5.41, 5.74) is 4.70. The zero-order chi connectivity index (χ0) is 26.5. The Morgan fingerprint density at radius 3 is 2.42 bits per heavy atom. The lowest BCUT2D eigenvalue weighted by atomic mass is 9.90. The average Bonchev–Trinajstić information content (AvgIpc) is 2.83. The van der Waals surface area contributed by atoms with Crippen LogP contribution >= 0.6 is 0 Å². The van der Waals surface area contributed by atoms with Gasteiger partial charge < -0.3 is 20.3 Å². The fraction of sp³-hybridized carbons (Fsp3) is 0.367. The molecule has 5 nitrogen and oxygen atoms in total. The molecule has 3 aromatic carbocycles. The smallest absolute Gasteiger partial charge is 0.335 e. The second-order valence-electron chi connectivity index (χ2n) is 10.0. The molecule has 6 heteroatoms. The molecule has 2 atom stereocenters. The molecule has 0 fully saturated rings. The van der Waals surface area contributed by atoms with Gasteiger partial charge >= 0.3 is 5.97 Å². The van der Waals surface area contributed by atoms with Gasteiger partial charge in [0.2, 0.25) is 0 Å². The number of aliphatic hydroxyl groups is 1. The van der Waals surface area contributed by atoms with Crippen LogP contribution in [0.2, 0.25) is 0 Å². The Bertz CT molecular complexity index is 1190. The Balaban J connectivity index is 1.66. The molecule has 0 aromatic heterocycles. The number of carbonyl (C=O) groups is 1. The number of carboxylic acid groups (broad SMARTS) is 1. The molecule has 0 amide bonds. The maximum Gasteiger partial charge on any atom is 0.335 e. The number of hydrogen-bond donors (Lipinski definition) is 3. The molecule has 0 unspecified atom stereocenters. The van der Waals surface area contributed by atoms with Crippen molar-refractivity contribution in [2.75, 3.05) is 13.2 Å². The highest BCUT2D eigenvalue weighted by Crippen LogP contribution is 2.34. The Morgan fingerprint density at radius 2 is 1.78 bits per heavy atom. The van der Waals surface area contributed by atoms with Crippen LogP contribution in [0.5, 0.6) is 0 Å². The molecule has 36 heavy (non-hydrogen) atoms. The van der Waals surface area contributed by atoms with Crippen molar-refractivity contribution in [3.05, 3.63) is 94.3 Å². The van der Waals surface area contributed by atoms with Crippen molar-refractivity contribution in [3.8, 4) is 11.1 Å².